The van der Waals surface area contributed by atoms with Crippen molar-refractivity contribution < 1.29 is 4.92 Å². The lowest BCUT2D eigenvalue weighted by Gasteiger charge is -2.35. The lowest BCUT2D eigenvalue weighted by Crippen LogP contribution is -2.44. The maximum atomic E-state index is 11.2. The lowest BCUT2D eigenvalue weighted by atomic mass is 9.90. The smallest absolute Gasteiger partial charge is 0.270 e. The minimum absolute atomic E-state index is 0. The quantitative estimate of drug-likeness (QED) is 0.0816. The number of piperidine rings is 1. The Kier molecular flexibility index (Phi) is 12.8. The molecule has 0 saturated carbocycles. The number of hydrogen-bond acceptors (Lipinski definition) is 5. The number of aromatic amines is 2. The van der Waals surface area contributed by atoms with Crippen LogP contribution in [-0.4, -0.2) is 52.0 Å². The first-order valence-electron chi connectivity index (χ1n) is 19.9. The summed E-state index contributed by atoms with van der Waals surface area (Å²) in [7, 11) is 0. The Morgan fingerprint density at radius 2 is 1.31 bits per heavy atom. The van der Waals surface area contributed by atoms with Gasteiger partial charge in [0.1, 0.15) is 0 Å². The molecule has 9 heteroatoms. The number of nitrogens with one attached hydrogen (secondary N) is 4. The Balaban J connectivity index is 0.000000173. The number of nitro benzene ring substituents is 1. The Morgan fingerprint density at radius 1 is 0.727 bits per heavy atom. The van der Waals surface area contributed by atoms with Crippen LogP contribution in [0.4, 0.5) is 5.69 Å². The number of aryl methyl sites for hydroxylation is 2. The molecule has 0 spiro atoms. The first kappa shape index (κ1) is 39.0. The summed E-state index contributed by atoms with van der Waals surface area (Å²) in [6.07, 6.45) is 11.4. The van der Waals surface area contributed by atoms with Gasteiger partial charge in [-0.1, -0.05) is 84.0 Å². The summed E-state index contributed by atoms with van der Waals surface area (Å²) in [4.78, 5) is 20.7. The molecule has 4 N–H and O–H groups in total. The van der Waals surface area contributed by atoms with Crippen LogP contribution < -0.4 is 10.6 Å². The molecule has 2 aliphatic carbocycles. The maximum absolute atomic E-state index is 11.2. The average molecular weight is 804 g/mol. The molecule has 288 valence electrons. The number of nitrogens with zero attached hydrogens (tertiary/aromatic N) is 2. The van der Waals surface area contributed by atoms with Crippen LogP contribution in [0.2, 0.25) is 0 Å². The van der Waals surface area contributed by atoms with Crippen LogP contribution >= 0.6 is 15.9 Å². The summed E-state index contributed by atoms with van der Waals surface area (Å²) in [5.41, 5.74) is 10.7. The summed E-state index contributed by atoms with van der Waals surface area (Å²) >= 11 is 3.60. The fourth-order valence-electron chi connectivity index (χ4n) is 8.94. The molecule has 1 aliphatic heterocycles. The largest absolute Gasteiger partial charge is 0.357 e. The fourth-order valence-corrected chi connectivity index (χ4v) is 9.31. The van der Waals surface area contributed by atoms with Gasteiger partial charge in [0.05, 0.1) is 4.92 Å². The predicted octanol–water partition coefficient (Wildman–Crippen LogP) is 10.5. The zero-order valence-electron chi connectivity index (χ0n) is 31.0. The lowest BCUT2D eigenvalue weighted by molar-refractivity contribution is -0.384. The van der Waals surface area contributed by atoms with Crippen LogP contribution in [0.3, 0.4) is 0 Å². The summed E-state index contributed by atoms with van der Waals surface area (Å²) in [6.45, 7) is 4.43. The van der Waals surface area contributed by atoms with Crippen molar-refractivity contribution in [3.63, 3.8) is 0 Å². The van der Waals surface area contributed by atoms with Gasteiger partial charge < -0.3 is 25.5 Å². The molecule has 9 rings (SSSR count). The molecule has 3 aliphatic rings. The SMILES string of the molecule is Brc1ccc2[nH]c3c(c2c1)CCCC3NCCc1ccccc1.C.O=[N+]([O-])c1ccc2[nH]c3c(c2c1)CCCC3NC1CCN(CCc2ccccc2)CC1. The molecular formula is C46H55BrN6O2. The number of hydrogen-bond donors (Lipinski definition) is 4. The second-order valence-corrected chi connectivity index (χ2v) is 16.2. The summed E-state index contributed by atoms with van der Waals surface area (Å²) in [5, 5.41) is 21.3. The maximum Gasteiger partial charge on any atom is 0.270 e. The zero-order chi connectivity index (χ0) is 36.9. The third-order valence-corrected chi connectivity index (χ3v) is 12.3. The predicted molar refractivity (Wildman–Crippen MR) is 230 cm³/mol. The van der Waals surface area contributed by atoms with Crippen molar-refractivity contribution in [2.24, 2.45) is 0 Å². The number of aromatic nitrogens is 2. The van der Waals surface area contributed by atoms with Gasteiger partial charge in [0, 0.05) is 74.5 Å². The van der Waals surface area contributed by atoms with E-state index < -0.39 is 0 Å². The van der Waals surface area contributed by atoms with Crippen molar-refractivity contribution in [3.8, 4) is 0 Å². The van der Waals surface area contributed by atoms with Gasteiger partial charge in [0.25, 0.3) is 5.69 Å². The molecule has 0 bridgehead atoms. The number of rotatable bonds is 10. The van der Waals surface area contributed by atoms with Gasteiger partial charge in [0.2, 0.25) is 0 Å². The van der Waals surface area contributed by atoms with E-state index in [0.29, 0.717) is 18.1 Å². The highest BCUT2D eigenvalue weighted by molar-refractivity contribution is 9.10. The van der Waals surface area contributed by atoms with Crippen molar-refractivity contribution >= 4 is 43.4 Å². The number of halogens is 1. The number of benzene rings is 4. The third-order valence-electron chi connectivity index (χ3n) is 11.8. The molecule has 2 aromatic heterocycles. The molecule has 0 amide bonds. The van der Waals surface area contributed by atoms with Crippen LogP contribution in [0.5, 0.6) is 0 Å². The van der Waals surface area contributed by atoms with Gasteiger partial charge in [-0.3, -0.25) is 10.1 Å². The van der Waals surface area contributed by atoms with Crippen molar-refractivity contribution in [1.82, 2.24) is 25.5 Å². The van der Waals surface area contributed by atoms with E-state index in [0.717, 1.165) is 73.7 Å². The van der Waals surface area contributed by atoms with E-state index >= 15 is 0 Å². The van der Waals surface area contributed by atoms with Crippen molar-refractivity contribution in [3.05, 3.63) is 145 Å². The van der Waals surface area contributed by atoms with Gasteiger partial charge in [-0.25, -0.2) is 0 Å². The fraction of sp³-hybridized carbons (Fsp3) is 0.391. The number of fused-ring (bicyclic) bond motifs is 6. The Morgan fingerprint density at radius 3 is 1.96 bits per heavy atom. The first-order valence-corrected chi connectivity index (χ1v) is 20.7. The van der Waals surface area contributed by atoms with E-state index in [2.05, 4.69) is 120 Å². The van der Waals surface area contributed by atoms with Crippen LogP contribution in [-0.2, 0) is 25.7 Å². The van der Waals surface area contributed by atoms with Gasteiger partial charge >= 0.3 is 0 Å². The molecule has 2 atom stereocenters. The second-order valence-electron chi connectivity index (χ2n) is 15.3. The minimum atomic E-state index is -0.303. The van der Waals surface area contributed by atoms with Gasteiger partial charge in [0.15, 0.2) is 0 Å². The standard InChI is InChI=1S/C25H30N4O2.C20H21BrN2.CH4/c30-29(31)20-9-10-23-22(17-20)21-7-4-8-24(25(21)27-23)26-19-12-15-28(16-13-19)14-11-18-5-2-1-3-6-18;21-15-9-10-18-17(13-15)16-7-4-8-19(20(16)23-18)22-12-11-14-5-2-1-3-6-14;/h1-3,5-6,9-10,17,19,24,26-27H,4,7-8,11-16H2;1-3,5-6,9-10,13,19,22-23H,4,7-8,11-12H2;1H4. The van der Waals surface area contributed by atoms with Gasteiger partial charge in [-0.15, -0.1) is 0 Å². The highest BCUT2D eigenvalue weighted by Gasteiger charge is 2.29. The zero-order valence-corrected chi connectivity index (χ0v) is 32.5. The average Bonchev–Trinajstić information content (AvgIpc) is 3.78. The number of likely N-dealkylation sites (tertiary alicyclic amines) is 1. The number of nitro groups is 1. The first-order chi connectivity index (χ1) is 26.5. The molecule has 8 nitrogen and oxygen atoms in total. The molecule has 2 unspecified atom stereocenters. The second kappa shape index (κ2) is 18.1. The summed E-state index contributed by atoms with van der Waals surface area (Å²) < 4.78 is 1.16. The third kappa shape index (κ3) is 9.24. The van der Waals surface area contributed by atoms with E-state index in [4.69, 9.17) is 0 Å². The molecule has 0 radical (unpaired) electrons. The highest BCUT2D eigenvalue weighted by atomic mass is 79.9. The highest BCUT2D eigenvalue weighted by Crippen LogP contribution is 2.38. The topological polar surface area (TPSA) is 102 Å². The van der Waals surface area contributed by atoms with Crippen LogP contribution in [0.25, 0.3) is 21.8 Å². The number of non-ortho nitro benzene ring substituents is 1. The Hall–Kier alpha value is -4.28. The van der Waals surface area contributed by atoms with E-state index in [-0.39, 0.29) is 18.0 Å². The summed E-state index contributed by atoms with van der Waals surface area (Å²) in [5.74, 6) is 0. The molecule has 6 aromatic rings. The molecule has 55 heavy (non-hydrogen) atoms. The van der Waals surface area contributed by atoms with Gasteiger partial charge in [-0.2, -0.15) is 0 Å². The molecule has 3 heterocycles. The molecular weight excluding hydrogens is 748 g/mol. The van der Waals surface area contributed by atoms with E-state index in [1.54, 1.807) is 12.1 Å². The Bertz CT molecular complexity index is 2170. The van der Waals surface area contributed by atoms with E-state index in [9.17, 15) is 10.1 Å². The van der Waals surface area contributed by atoms with Crippen molar-refractivity contribution in [2.75, 3.05) is 26.2 Å². The molecule has 1 saturated heterocycles. The van der Waals surface area contributed by atoms with Crippen LogP contribution in [0.1, 0.15) is 91.7 Å². The monoisotopic (exact) mass is 802 g/mol. The van der Waals surface area contributed by atoms with Gasteiger partial charge in [-0.05, 0) is 130 Å². The van der Waals surface area contributed by atoms with Crippen molar-refractivity contribution in [2.45, 2.75) is 89.8 Å². The summed E-state index contributed by atoms with van der Waals surface area (Å²) in [6, 6.07) is 34.5. The van der Waals surface area contributed by atoms with Crippen LogP contribution in [0, 0.1) is 10.1 Å². The molecule has 1 fully saturated rings. The Labute approximate surface area is 333 Å². The van der Waals surface area contributed by atoms with E-state index in [1.807, 2.05) is 6.07 Å². The minimum Gasteiger partial charge on any atom is -0.357 e. The van der Waals surface area contributed by atoms with E-state index in [1.165, 1.54) is 76.6 Å². The van der Waals surface area contributed by atoms with Crippen LogP contribution in [0.15, 0.2) is 102 Å². The number of H-pyrrole nitrogens is 2. The normalized spacial score (nSPS) is 18.6. The molecule has 4 aromatic carbocycles. The van der Waals surface area contributed by atoms with Crippen molar-refractivity contribution in [1.29, 1.82) is 0 Å².